The molecule has 4 atom stereocenters. The van der Waals surface area contributed by atoms with Gasteiger partial charge in [0.15, 0.2) is 0 Å². The third-order valence-corrected chi connectivity index (χ3v) is 6.86. The van der Waals surface area contributed by atoms with Crippen molar-refractivity contribution < 1.29 is 69.1 Å². The number of benzene rings is 2. The Morgan fingerprint density at radius 1 is 1.19 bits per heavy atom. The summed E-state index contributed by atoms with van der Waals surface area (Å²) in [7, 11) is 4.47. The van der Waals surface area contributed by atoms with Crippen molar-refractivity contribution in [3.8, 4) is 5.88 Å². The summed E-state index contributed by atoms with van der Waals surface area (Å²) in [5.74, 6) is -1.18. The number of nitrogens with zero attached hydrogens (tertiary/aromatic N) is 3. The normalized spacial score (nSPS) is 30.2. The molecule has 1 aromatic heterocycles. The van der Waals surface area contributed by atoms with Crippen LogP contribution in [-0.2, 0) is 66.0 Å². The molecule has 0 spiro atoms. The van der Waals surface area contributed by atoms with E-state index < -0.39 is 29.2 Å². The molecular weight excluding hydrogens is 658 g/mol. The molecule has 1 saturated carbocycles. The molecule has 1 aliphatic carbocycles. The average Bonchev–Trinajstić information content (AvgIpc) is 3.16. The maximum Gasteiger partial charge on any atom is 0.0693 e. The molecule has 0 bridgehead atoms. The summed E-state index contributed by atoms with van der Waals surface area (Å²) in [5, 5.41) is 42.1. The third kappa shape index (κ3) is 3.78. The fraction of sp³-hybridized carbons (Fsp3) is 0.318. The van der Waals surface area contributed by atoms with Crippen LogP contribution in [0.5, 0.6) is 5.88 Å². The second-order valence-corrected chi connectivity index (χ2v) is 9.26. The molecule has 1 aliphatic heterocycles. The Labute approximate surface area is 222 Å². The second kappa shape index (κ2) is 8.97. The van der Waals surface area contributed by atoms with Gasteiger partial charge in [0.1, 0.15) is 0 Å². The van der Waals surface area contributed by atoms with Crippen LogP contribution in [0.25, 0.3) is 16.1 Å². The van der Waals surface area contributed by atoms with Crippen molar-refractivity contribution in [1.29, 1.82) is 0 Å². The van der Waals surface area contributed by atoms with Gasteiger partial charge in [0.25, 0.3) is 0 Å². The van der Waals surface area contributed by atoms with Crippen LogP contribution in [0.15, 0.2) is 48.2 Å². The average molecular weight is 680 g/mol. The standard InChI is InChI=1S/C22H22N3O3P.W.Y/c1-22(29)16(24-15-8-7-11-5-3-4-6-12(11)18(15)22)9-13-19(26)17(20(13)27)14-10-23-25(2)21(14)28;;/h3-9,13,17,19-20,26-27H,29H2,1-2H3,(H,23,28);;/q-2;;. The number of hydrogen-bond donors (Lipinski definition) is 3. The molecule has 5 rings (SSSR count). The largest absolute Gasteiger partial charge is 0.660 e. The summed E-state index contributed by atoms with van der Waals surface area (Å²) in [6, 6.07) is 12.3. The molecule has 159 valence electrons. The fourth-order valence-corrected chi connectivity index (χ4v) is 5.03. The smallest absolute Gasteiger partial charge is 0.0693 e. The molecule has 1 fully saturated rings. The van der Waals surface area contributed by atoms with Gasteiger partial charge in [-0.15, -0.1) is 32.4 Å². The molecule has 9 heteroatoms. The third-order valence-electron chi connectivity index (χ3n) is 6.28. The molecule has 6 nitrogen and oxygen atoms in total. The number of fused-ring (bicyclic) bond motifs is 3. The number of rotatable bonds is 2. The molecule has 0 saturated heterocycles. The van der Waals surface area contributed by atoms with Gasteiger partial charge in [0, 0.05) is 77.8 Å². The Kier molecular flexibility index (Phi) is 7.24. The molecule has 2 aromatic carbocycles. The molecule has 2 heterocycles. The number of aryl methyl sites for hydroxylation is 1. The van der Waals surface area contributed by atoms with E-state index in [0.29, 0.717) is 5.56 Å². The van der Waals surface area contributed by atoms with Gasteiger partial charge in [-0.2, -0.15) is 0 Å². The number of aromatic hydroxyl groups is 1. The van der Waals surface area contributed by atoms with Gasteiger partial charge in [-0.05, 0) is 23.3 Å². The summed E-state index contributed by atoms with van der Waals surface area (Å²) in [6.45, 7) is 2.08. The van der Waals surface area contributed by atoms with Gasteiger partial charge >= 0.3 is 0 Å². The van der Waals surface area contributed by atoms with E-state index in [4.69, 9.17) is 5.32 Å². The first-order chi connectivity index (χ1) is 13.8. The van der Waals surface area contributed by atoms with Crippen LogP contribution < -0.4 is 0 Å². The van der Waals surface area contributed by atoms with Crippen LogP contribution in [0.1, 0.15) is 24.0 Å². The Balaban J connectivity index is 0.00000136. The van der Waals surface area contributed by atoms with Crippen LogP contribution in [0.3, 0.4) is 0 Å². The van der Waals surface area contributed by atoms with Crippen molar-refractivity contribution in [3.05, 3.63) is 70.8 Å². The van der Waals surface area contributed by atoms with Crippen molar-refractivity contribution in [1.82, 2.24) is 9.78 Å². The second-order valence-electron chi connectivity index (χ2n) is 8.10. The Hall–Kier alpha value is -0.608. The van der Waals surface area contributed by atoms with Crippen LogP contribution >= 0.6 is 9.24 Å². The van der Waals surface area contributed by atoms with Crippen molar-refractivity contribution >= 4 is 25.7 Å². The van der Waals surface area contributed by atoms with Crippen LogP contribution in [-0.4, -0.2) is 37.3 Å². The first-order valence-corrected chi connectivity index (χ1v) is 10.1. The Bertz CT molecular complexity index is 1160. The zero-order valence-electron chi connectivity index (χ0n) is 17.1. The summed E-state index contributed by atoms with van der Waals surface area (Å²) in [5.41, 5.74) is 3.18. The molecule has 1 radical (unpaired) electrons. The van der Waals surface area contributed by atoms with Crippen molar-refractivity contribution in [2.45, 2.75) is 30.2 Å². The van der Waals surface area contributed by atoms with Gasteiger partial charge < -0.3 is 30.4 Å². The number of aromatic nitrogens is 2. The summed E-state index contributed by atoms with van der Waals surface area (Å²) in [6.07, 6.45) is 2.86. The van der Waals surface area contributed by atoms with Crippen LogP contribution in [0, 0.1) is 12.1 Å². The van der Waals surface area contributed by atoms with E-state index >= 15 is 0 Å². The predicted octanol–water partition coefficient (Wildman–Crippen LogP) is 3.20. The minimum Gasteiger partial charge on any atom is -0.660 e. The number of aliphatic hydroxyl groups is 2. The number of allylic oxidation sites excluding steroid dienone is 1. The minimum atomic E-state index is -0.847. The first kappa shape index (κ1) is 25.0. The van der Waals surface area contributed by atoms with E-state index in [2.05, 4.69) is 45.7 Å². The van der Waals surface area contributed by atoms with Crippen molar-refractivity contribution in [2.24, 2.45) is 13.0 Å². The molecule has 31 heavy (non-hydrogen) atoms. The first-order valence-electron chi connectivity index (χ1n) is 9.55. The van der Waals surface area contributed by atoms with Gasteiger partial charge in [0.2, 0.25) is 0 Å². The maximum absolute atomic E-state index is 10.7. The Morgan fingerprint density at radius 3 is 2.52 bits per heavy atom. The molecule has 3 aromatic rings. The monoisotopic (exact) mass is 680 g/mol. The van der Waals surface area contributed by atoms with E-state index in [-0.39, 0.29) is 59.7 Å². The zero-order chi connectivity index (χ0) is 20.5. The molecular formula is C22H22N3O3PWY-2. The van der Waals surface area contributed by atoms with Gasteiger partial charge in [0.05, 0.1) is 18.1 Å². The SMILES string of the molecule is Cn1n[c-]c(C2C(O)C(C=C3[N-]c4ccc5ccccc5c4C3(C)P)C2O)c1O.[W].[Y]. The molecule has 0 amide bonds. The quantitative estimate of drug-likeness (QED) is 0.287. The van der Waals surface area contributed by atoms with Crippen molar-refractivity contribution in [3.63, 3.8) is 0 Å². The molecule has 2 aliphatic rings. The Morgan fingerprint density at radius 2 is 1.87 bits per heavy atom. The van der Waals surface area contributed by atoms with E-state index in [1.807, 2.05) is 24.3 Å². The summed E-state index contributed by atoms with van der Waals surface area (Å²) in [4.78, 5) is 0. The summed E-state index contributed by atoms with van der Waals surface area (Å²) < 4.78 is 1.27. The molecule has 3 N–H and O–H groups in total. The van der Waals surface area contributed by atoms with Gasteiger partial charge in [-0.1, -0.05) is 42.5 Å². The molecule has 4 unspecified atom stereocenters. The van der Waals surface area contributed by atoms with E-state index in [0.717, 1.165) is 27.7 Å². The topological polar surface area (TPSA) is 92.6 Å². The number of hydrogen-bond acceptors (Lipinski definition) is 4. The van der Waals surface area contributed by atoms with Crippen molar-refractivity contribution in [2.75, 3.05) is 0 Å². The van der Waals surface area contributed by atoms with E-state index in [1.54, 1.807) is 7.05 Å². The van der Waals surface area contributed by atoms with Gasteiger partial charge in [-0.25, -0.2) is 0 Å². The minimum absolute atomic E-state index is 0. The fourth-order valence-electron chi connectivity index (χ4n) is 4.57. The van der Waals surface area contributed by atoms with Crippen LogP contribution in [0.4, 0.5) is 5.69 Å². The number of aliphatic hydroxyl groups excluding tert-OH is 2. The zero-order valence-corrected chi connectivity index (χ0v) is 24.0. The maximum atomic E-state index is 10.7. The summed E-state index contributed by atoms with van der Waals surface area (Å²) >= 11 is 0. The van der Waals surface area contributed by atoms with E-state index in [9.17, 15) is 15.3 Å². The predicted molar refractivity (Wildman–Crippen MR) is 114 cm³/mol. The van der Waals surface area contributed by atoms with Crippen LogP contribution in [0.2, 0.25) is 0 Å². The van der Waals surface area contributed by atoms with E-state index in [1.165, 1.54) is 4.68 Å². The van der Waals surface area contributed by atoms with Gasteiger partial charge in [-0.3, -0.25) is 0 Å².